The number of hydrogen-bond acceptors (Lipinski definition) is 4. The van der Waals surface area contributed by atoms with E-state index in [0.717, 1.165) is 17.7 Å². The van der Waals surface area contributed by atoms with Gasteiger partial charge in [0.25, 0.3) is 5.56 Å². The van der Waals surface area contributed by atoms with Crippen molar-refractivity contribution in [1.29, 1.82) is 0 Å². The molecule has 118 valence electrons. The van der Waals surface area contributed by atoms with Gasteiger partial charge < -0.3 is 0 Å². The number of rotatable bonds is 1. The second-order valence-electron chi connectivity index (χ2n) is 6.34. The number of fused-ring (bicyclic) bond motifs is 3. The van der Waals surface area contributed by atoms with Crippen LogP contribution in [0.15, 0.2) is 39.9 Å². The third kappa shape index (κ3) is 2.37. The van der Waals surface area contributed by atoms with E-state index in [0.29, 0.717) is 15.9 Å². The van der Waals surface area contributed by atoms with E-state index in [9.17, 15) is 9.59 Å². The largest absolute Gasteiger partial charge is 0.334 e. The third-order valence-corrected chi connectivity index (χ3v) is 6.83. The molecular formula is C17H16N2O2S2. The van der Waals surface area contributed by atoms with Crippen LogP contribution in [0, 0.1) is 0 Å². The zero-order chi connectivity index (χ0) is 16.2. The number of aromatic nitrogens is 2. The lowest BCUT2D eigenvalue weighted by atomic mass is 10.00. The van der Waals surface area contributed by atoms with E-state index < -0.39 is 0 Å². The lowest BCUT2D eigenvalue weighted by Gasteiger charge is -2.28. The van der Waals surface area contributed by atoms with Crippen LogP contribution in [0.5, 0.6) is 0 Å². The van der Waals surface area contributed by atoms with Crippen LogP contribution < -0.4 is 11.2 Å². The predicted octanol–water partition coefficient (Wildman–Crippen LogP) is 3.31. The zero-order valence-electron chi connectivity index (χ0n) is 12.9. The molecule has 0 saturated heterocycles. The molecule has 1 aliphatic rings. The highest BCUT2D eigenvalue weighted by Crippen LogP contribution is 2.43. The van der Waals surface area contributed by atoms with Crippen molar-refractivity contribution >= 4 is 33.3 Å². The summed E-state index contributed by atoms with van der Waals surface area (Å²) in [6.45, 7) is 4.40. The van der Waals surface area contributed by atoms with Crippen LogP contribution in [-0.2, 0) is 12.2 Å². The molecule has 0 saturated carbocycles. The Labute approximate surface area is 141 Å². The van der Waals surface area contributed by atoms with Gasteiger partial charge in [-0.2, -0.15) is 0 Å². The minimum atomic E-state index is -0.376. The quantitative estimate of drug-likeness (QED) is 0.737. The van der Waals surface area contributed by atoms with Gasteiger partial charge in [0.2, 0.25) is 0 Å². The summed E-state index contributed by atoms with van der Waals surface area (Å²) in [7, 11) is 0. The molecule has 0 bridgehead atoms. The summed E-state index contributed by atoms with van der Waals surface area (Å²) in [5, 5.41) is 0.682. The number of thiophene rings is 1. The molecule has 3 aromatic rings. The summed E-state index contributed by atoms with van der Waals surface area (Å²) >= 11 is 3.44. The van der Waals surface area contributed by atoms with E-state index in [4.69, 9.17) is 0 Å². The average molecular weight is 344 g/mol. The molecule has 4 nitrogen and oxygen atoms in total. The molecule has 1 N–H and O–H groups in total. The number of nitrogens with one attached hydrogen (secondary N) is 1. The van der Waals surface area contributed by atoms with E-state index in [1.807, 2.05) is 30.0 Å². The Morgan fingerprint density at radius 1 is 1.17 bits per heavy atom. The Bertz CT molecular complexity index is 1010. The lowest BCUT2D eigenvalue weighted by molar-refractivity contribution is 0.699. The number of para-hydroxylation sites is 1. The number of hydrogen-bond donors (Lipinski definition) is 1. The van der Waals surface area contributed by atoms with E-state index in [2.05, 4.69) is 18.8 Å². The summed E-state index contributed by atoms with van der Waals surface area (Å²) < 4.78 is 1.35. The normalized spacial score (nSPS) is 16.4. The Morgan fingerprint density at radius 2 is 1.91 bits per heavy atom. The zero-order valence-corrected chi connectivity index (χ0v) is 14.5. The van der Waals surface area contributed by atoms with E-state index in [1.165, 1.54) is 9.44 Å². The highest BCUT2D eigenvalue weighted by atomic mass is 32.2. The van der Waals surface area contributed by atoms with Crippen molar-refractivity contribution in [3.05, 3.63) is 61.6 Å². The first-order chi connectivity index (χ1) is 11.0. The van der Waals surface area contributed by atoms with Gasteiger partial charge in [0.15, 0.2) is 0 Å². The summed E-state index contributed by atoms with van der Waals surface area (Å²) in [5.74, 6) is 0.897. The van der Waals surface area contributed by atoms with Crippen molar-refractivity contribution in [1.82, 2.24) is 9.55 Å². The molecule has 6 heteroatoms. The Kier molecular flexibility index (Phi) is 3.28. The SMILES string of the molecule is CC1(C)Cc2c(sc3[nH]c(=O)n(-c4ccccc4)c(=O)c23)CS1. The first-order valence-electron chi connectivity index (χ1n) is 7.45. The van der Waals surface area contributed by atoms with Gasteiger partial charge in [0.1, 0.15) is 4.83 Å². The first-order valence-corrected chi connectivity index (χ1v) is 9.25. The second-order valence-corrected chi connectivity index (χ2v) is 9.13. The van der Waals surface area contributed by atoms with E-state index >= 15 is 0 Å². The smallest absolute Gasteiger partial charge is 0.298 e. The molecule has 0 amide bonds. The minimum absolute atomic E-state index is 0.112. The Morgan fingerprint density at radius 3 is 2.65 bits per heavy atom. The maximum absolute atomic E-state index is 13.0. The van der Waals surface area contributed by atoms with Crippen molar-refractivity contribution in [3.8, 4) is 5.69 Å². The molecule has 0 unspecified atom stereocenters. The molecule has 4 rings (SSSR count). The van der Waals surface area contributed by atoms with Crippen LogP contribution in [0.25, 0.3) is 15.9 Å². The maximum Gasteiger partial charge on any atom is 0.334 e. The van der Waals surface area contributed by atoms with Crippen molar-refractivity contribution in [3.63, 3.8) is 0 Å². The molecule has 0 atom stereocenters. The van der Waals surface area contributed by atoms with Gasteiger partial charge in [0, 0.05) is 15.4 Å². The average Bonchev–Trinajstić information content (AvgIpc) is 2.84. The number of nitrogens with zero attached hydrogens (tertiary/aromatic N) is 1. The molecule has 1 aliphatic heterocycles. The van der Waals surface area contributed by atoms with Crippen LogP contribution in [0.2, 0.25) is 0 Å². The van der Waals surface area contributed by atoms with Crippen LogP contribution >= 0.6 is 23.1 Å². The number of benzene rings is 1. The maximum atomic E-state index is 13.0. The summed E-state index contributed by atoms with van der Waals surface area (Å²) in [5.41, 5.74) is 1.12. The number of H-pyrrole nitrogens is 1. The molecule has 1 aromatic carbocycles. The lowest BCUT2D eigenvalue weighted by Crippen LogP contribution is -2.34. The topological polar surface area (TPSA) is 54.9 Å². The second kappa shape index (κ2) is 5.11. The van der Waals surface area contributed by atoms with Crippen molar-refractivity contribution < 1.29 is 0 Å². The van der Waals surface area contributed by atoms with E-state index in [-0.39, 0.29) is 16.0 Å². The highest BCUT2D eigenvalue weighted by Gasteiger charge is 2.30. The molecule has 0 aliphatic carbocycles. The van der Waals surface area contributed by atoms with Gasteiger partial charge in [-0.25, -0.2) is 9.36 Å². The van der Waals surface area contributed by atoms with Gasteiger partial charge in [0.05, 0.1) is 11.1 Å². The molecule has 0 radical (unpaired) electrons. The summed E-state index contributed by atoms with van der Waals surface area (Å²) in [4.78, 5) is 30.3. The molecule has 0 fully saturated rings. The van der Waals surface area contributed by atoms with Crippen LogP contribution in [-0.4, -0.2) is 14.3 Å². The summed E-state index contributed by atoms with van der Waals surface area (Å²) in [6, 6.07) is 9.08. The number of aromatic amines is 1. The van der Waals surface area contributed by atoms with Gasteiger partial charge >= 0.3 is 5.69 Å². The van der Waals surface area contributed by atoms with Gasteiger partial charge in [-0.15, -0.1) is 23.1 Å². The first kappa shape index (κ1) is 14.8. The summed E-state index contributed by atoms with van der Waals surface area (Å²) in [6.07, 6.45) is 0.850. The van der Waals surface area contributed by atoms with Crippen molar-refractivity contribution in [2.75, 3.05) is 0 Å². The van der Waals surface area contributed by atoms with Crippen molar-refractivity contribution in [2.24, 2.45) is 0 Å². The fraction of sp³-hybridized carbons (Fsp3) is 0.294. The molecule has 2 aromatic heterocycles. The monoisotopic (exact) mass is 344 g/mol. The van der Waals surface area contributed by atoms with Gasteiger partial charge in [-0.3, -0.25) is 9.78 Å². The van der Waals surface area contributed by atoms with E-state index in [1.54, 1.807) is 23.5 Å². The fourth-order valence-electron chi connectivity index (χ4n) is 3.04. The molecular weight excluding hydrogens is 328 g/mol. The third-order valence-electron chi connectivity index (χ3n) is 4.14. The molecule has 0 spiro atoms. The minimum Gasteiger partial charge on any atom is -0.298 e. The van der Waals surface area contributed by atoms with Crippen LogP contribution in [0.1, 0.15) is 24.3 Å². The fourth-order valence-corrected chi connectivity index (χ4v) is 5.39. The molecule has 3 heterocycles. The Balaban J connectivity index is 2.05. The highest BCUT2D eigenvalue weighted by molar-refractivity contribution is 8.00. The predicted molar refractivity (Wildman–Crippen MR) is 97.1 cm³/mol. The molecule has 23 heavy (non-hydrogen) atoms. The van der Waals surface area contributed by atoms with Crippen LogP contribution in [0.4, 0.5) is 0 Å². The standard InChI is InChI=1S/C17H16N2O2S2/c1-17(2)8-11-12(9-22-17)23-14-13(11)15(20)19(16(21)18-14)10-6-4-3-5-7-10/h3-7H,8-9H2,1-2H3,(H,18,21). The van der Waals surface area contributed by atoms with Gasteiger partial charge in [-0.1, -0.05) is 32.0 Å². The van der Waals surface area contributed by atoms with Crippen LogP contribution in [0.3, 0.4) is 0 Å². The number of thioether (sulfide) groups is 1. The van der Waals surface area contributed by atoms with Crippen molar-refractivity contribution in [2.45, 2.75) is 30.8 Å². The Hall–Kier alpha value is -1.79. The van der Waals surface area contributed by atoms with Gasteiger partial charge in [-0.05, 0) is 24.1 Å².